The van der Waals surface area contributed by atoms with Crippen molar-refractivity contribution in [1.29, 1.82) is 0 Å². The van der Waals surface area contributed by atoms with Crippen LogP contribution in [-0.2, 0) is 0 Å². The van der Waals surface area contributed by atoms with Crippen LogP contribution in [0.15, 0.2) is 16.9 Å². The van der Waals surface area contributed by atoms with Crippen LogP contribution < -0.4 is 11.3 Å². The number of rotatable bonds is 1. The first-order chi connectivity index (χ1) is 4.33. The largest absolute Gasteiger partial charge is 0.292 e. The van der Waals surface area contributed by atoms with Gasteiger partial charge in [-0.1, -0.05) is 0 Å². The number of hydrogen-bond acceptors (Lipinski definition) is 4. The van der Waals surface area contributed by atoms with Crippen LogP contribution in [0.2, 0.25) is 0 Å². The molecule has 0 saturated heterocycles. The van der Waals surface area contributed by atoms with Gasteiger partial charge in [0.05, 0.1) is 4.47 Å². The molecular formula is C4H5BrN4. The van der Waals surface area contributed by atoms with E-state index in [1.165, 1.54) is 0 Å². The molecule has 1 aromatic heterocycles. The van der Waals surface area contributed by atoms with Crippen molar-refractivity contribution in [3.8, 4) is 0 Å². The lowest BCUT2D eigenvalue weighted by Gasteiger charge is -1.93. The zero-order valence-electron chi connectivity index (χ0n) is 4.50. The van der Waals surface area contributed by atoms with Gasteiger partial charge in [0.15, 0.2) is 0 Å². The molecule has 0 aliphatic rings. The average Bonchev–Trinajstić information content (AvgIpc) is 1.90. The molecule has 48 valence electrons. The molecule has 0 aliphatic carbocycles. The fourth-order valence-electron chi connectivity index (χ4n) is 0.387. The fraction of sp³-hybridized carbons (Fsp3) is 0. The lowest BCUT2D eigenvalue weighted by atomic mass is 10.7. The number of nitrogens with one attached hydrogen (secondary N) is 1. The summed E-state index contributed by atoms with van der Waals surface area (Å²) in [5.41, 5.74) is 2.31. The van der Waals surface area contributed by atoms with Gasteiger partial charge in [-0.25, -0.2) is 15.8 Å². The molecule has 1 rings (SSSR count). The zero-order valence-corrected chi connectivity index (χ0v) is 6.09. The summed E-state index contributed by atoms with van der Waals surface area (Å²) in [5.74, 6) is 5.42. The maximum atomic E-state index is 5.01. The van der Waals surface area contributed by atoms with E-state index in [0.717, 1.165) is 4.47 Å². The molecule has 0 aromatic carbocycles. The van der Waals surface area contributed by atoms with E-state index in [1.54, 1.807) is 12.4 Å². The quantitative estimate of drug-likeness (QED) is 0.499. The van der Waals surface area contributed by atoms with E-state index in [4.69, 9.17) is 5.84 Å². The molecule has 0 fully saturated rings. The summed E-state index contributed by atoms with van der Waals surface area (Å²) in [7, 11) is 0. The number of hydrazine groups is 1. The van der Waals surface area contributed by atoms with Crippen LogP contribution in [-0.4, -0.2) is 9.97 Å². The Morgan fingerprint density at radius 1 is 1.44 bits per heavy atom. The molecule has 0 spiro atoms. The Balaban J connectivity index is 2.88. The minimum absolute atomic E-state index is 0.415. The summed E-state index contributed by atoms with van der Waals surface area (Å²) < 4.78 is 0.835. The number of nitrogen functional groups attached to an aromatic ring is 1. The van der Waals surface area contributed by atoms with Gasteiger partial charge in [0.2, 0.25) is 5.95 Å². The molecule has 0 amide bonds. The Morgan fingerprint density at radius 2 is 2.00 bits per heavy atom. The van der Waals surface area contributed by atoms with E-state index in [9.17, 15) is 0 Å². The van der Waals surface area contributed by atoms with Crippen molar-refractivity contribution in [2.45, 2.75) is 0 Å². The monoisotopic (exact) mass is 188 g/mol. The highest BCUT2D eigenvalue weighted by atomic mass is 79.9. The van der Waals surface area contributed by atoms with Crippen molar-refractivity contribution in [2.24, 2.45) is 5.84 Å². The van der Waals surface area contributed by atoms with Crippen LogP contribution in [0.1, 0.15) is 0 Å². The molecule has 3 N–H and O–H groups in total. The van der Waals surface area contributed by atoms with E-state index in [0.29, 0.717) is 5.95 Å². The van der Waals surface area contributed by atoms with Gasteiger partial charge in [-0.05, 0) is 15.9 Å². The predicted molar refractivity (Wildman–Crippen MR) is 37.5 cm³/mol. The summed E-state index contributed by atoms with van der Waals surface area (Å²) in [6, 6.07) is 0. The molecule has 5 heteroatoms. The molecule has 0 saturated carbocycles. The Morgan fingerprint density at radius 3 is 2.44 bits per heavy atom. The van der Waals surface area contributed by atoms with Crippen LogP contribution in [0.4, 0.5) is 5.95 Å². The van der Waals surface area contributed by atoms with E-state index < -0.39 is 0 Å². The smallest absolute Gasteiger partial charge is 0.237 e. The summed E-state index contributed by atoms with van der Waals surface area (Å²) >= 11 is 3.18. The second-order valence-electron chi connectivity index (χ2n) is 1.37. The van der Waals surface area contributed by atoms with Gasteiger partial charge in [0.25, 0.3) is 0 Å². The predicted octanol–water partition coefficient (Wildman–Crippen LogP) is 0.525. The molecular weight excluding hydrogens is 184 g/mol. The third-order valence-corrected chi connectivity index (χ3v) is 1.16. The van der Waals surface area contributed by atoms with E-state index in [2.05, 4.69) is 31.3 Å². The molecule has 4 nitrogen and oxygen atoms in total. The van der Waals surface area contributed by atoms with Gasteiger partial charge >= 0.3 is 0 Å². The topological polar surface area (TPSA) is 63.8 Å². The minimum atomic E-state index is 0.415. The number of nitrogens with two attached hydrogens (primary N) is 1. The molecule has 0 bridgehead atoms. The van der Waals surface area contributed by atoms with Crippen LogP contribution in [0.3, 0.4) is 0 Å². The first kappa shape index (κ1) is 6.44. The van der Waals surface area contributed by atoms with Crippen LogP contribution in [0, 0.1) is 0 Å². The lowest BCUT2D eigenvalue weighted by molar-refractivity contribution is 1.11. The van der Waals surface area contributed by atoms with Crippen LogP contribution >= 0.6 is 15.9 Å². The first-order valence-corrected chi connectivity index (χ1v) is 3.06. The van der Waals surface area contributed by atoms with Crippen molar-refractivity contribution in [2.75, 3.05) is 5.43 Å². The SMILES string of the molecule is NNc1ncc(Br)cn1. The summed E-state index contributed by atoms with van der Waals surface area (Å²) in [4.78, 5) is 7.61. The van der Waals surface area contributed by atoms with Crippen molar-refractivity contribution in [3.05, 3.63) is 16.9 Å². The van der Waals surface area contributed by atoms with Gasteiger partial charge < -0.3 is 0 Å². The van der Waals surface area contributed by atoms with Crippen LogP contribution in [0.5, 0.6) is 0 Å². The summed E-state index contributed by atoms with van der Waals surface area (Å²) in [6.45, 7) is 0. The van der Waals surface area contributed by atoms with Gasteiger partial charge in [-0.15, -0.1) is 0 Å². The van der Waals surface area contributed by atoms with Crippen LogP contribution in [0.25, 0.3) is 0 Å². The lowest BCUT2D eigenvalue weighted by Crippen LogP contribution is -2.09. The number of anilines is 1. The third-order valence-electron chi connectivity index (χ3n) is 0.749. The van der Waals surface area contributed by atoms with E-state index in [1.807, 2.05) is 0 Å². The number of nitrogens with zero attached hydrogens (tertiary/aromatic N) is 2. The second kappa shape index (κ2) is 2.75. The normalized spacial score (nSPS) is 9.11. The number of hydrogen-bond donors (Lipinski definition) is 2. The van der Waals surface area contributed by atoms with E-state index in [-0.39, 0.29) is 0 Å². The van der Waals surface area contributed by atoms with Crippen molar-refractivity contribution >= 4 is 21.9 Å². The second-order valence-corrected chi connectivity index (χ2v) is 2.28. The maximum Gasteiger partial charge on any atom is 0.237 e. The van der Waals surface area contributed by atoms with Crippen molar-refractivity contribution < 1.29 is 0 Å². The Labute approximate surface area is 60.6 Å². The molecule has 0 radical (unpaired) electrons. The van der Waals surface area contributed by atoms with E-state index >= 15 is 0 Å². The Kier molecular flexibility index (Phi) is 1.96. The third kappa shape index (κ3) is 1.62. The Bertz CT molecular complexity index is 184. The zero-order chi connectivity index (χ0) is 6.69. The molecule has 1 heterocycles. The van der Waals surface area contributed by atoms with Crippen molar-refractivity contribution in [1.82, 2.24) is 9.97 Å². The molecule has 0 atom stereocenters. The molecule has 9 heavy (non-hydrogen) atoms. The highest BCUT2D eigenvalue weighted by Crippen LogP contribution is 2.05. The maximum absolute atomic E-state index is 5.01. The standard InChI is InChI=1S/C4H5BrN4/c5-3-1-7-4(9-6)8-2-3/h1-2H,6H2,(H,7,8,9). The molecule has 0 aliphatic heterocycles. The fourth-order valence-corrected chi connectivity index (χ4v) is 0.592. The number of halogens is 1. The number of aromatic nitrogens is 2. The highest BCUT2D eigenvalue weighted by Gasteiger charge is 1.88. The summed E-state index contributed by atoms with van der Waals surface area (Å²) in [5, 5.41) is 0. The highest BCUT2D eigenvalue weighted by molar-refractivity contribution is 9.10. The minimum Gasteiger partial charge on any atom is -0.292 e. The first-order valence-electron chi connectivity index (χ1n) is 2.27. The molecule has 0 unspecified atom stereocenters. The van der Waals surface area contributed by atoms with Gasteiger partial charge in [-0.3, -0.25) is 5.43 Å². The van der Waals surface area contributed by atoms with Gasteiger partial charge in [-0.2, -0.15) is 0 Å². The Hall–Kier alpha value is -0.680. The van der Waals surface area contributed by atoms with Crippen molar-refractivity contribution in [3.63, 3.8) is 0 Å². The molecule has 1 aromatic rings. The van der Waals surface area contributed by atoms with Gasteiger partial charge in [0, 0.05) is 12.4 Å². The van der Waals surface area contributed by atoms with Gasteiger partial charge in [0.1, 0.15) is 0 Å². The summed E-state index contributed by atoms with van der Waals surface area (Å²) in [6.07, 6.45) is 3.23. The average molecular weight is 189 g/mol.